The lowest BCUT2D eigenvalue weighted by molar-refractivity contribution is 0.0975. The Bertz CT molecular complexity index is 1360. The summed E-state index contributed by atoms with van der Waals surface area (Å²) in [6.45, 7) is 4.37. The van der Waals surface area contributed by atoms with Crippen LogP contribution in [0, 0.1) is 11.2 Å². The average molecular weight is 452 g/mol. The molecule has 1 atom stereocenters. The van der Waals surface area contributed by atoms with Crippen LogP contribution < -0.4 is 4.90 Å². The fourth-order valence-corrected chi connectivity index (χ4v) is 5.32. The third-order valence-electron chi connectivity index (χ3n) is 7.06. The first-order valence-corrected chi connectivity index (χ1v) is 11.3. The van der Waals surface area contributed by atoms with Crippen molar-refractivity contribution in [1.82, 2.24) is 29.5 Å². The van der Waals surface area contributed by atoms with E-state index in [2.05, 4.69) is 27.0 Å². The highest BCUT2D eigenvalue weighted by Gasteiger charge is 2.41. The number of aliphatic hydroxyl groups excluding tert-OH is 1. The van der Waals surface area contributed by atoms with Crippen LogP contribution in [0.2, 0.25) is 0 Å². The molecule has 33 heavy (non-hydrogen) atoms. The van der Waals surface area contributed by atoms with Gasteiger partial charge in [0.05, 0.1) is 25.5 Å². The van der Waals surface area contributed by atoms with Crippen molar-refractivity contribution in [2.45, 2.75) is 38.9 Å². The molecule has 2 saturated heterocycles. The number of piperidine rings is 1. The number of anilines is 1. The van der Waals surface area contributed by atoms with Crippen LogP contribution in [0.15, 0.2) is 24.5 Å². The first kappa shape index (κ1) is 20.5. The zero-order chi connectivity index (χ0) is 22.7. The molecular formula is C23H26FN7O2. The van der Waals surface area contributed by atoms with Gasteiger partial charge in [-0.25, -0.2) is 19.0 Å². The van der Waals surface area contributed by atoms with Crippen LogP contribution in [0.4, 0.5) is 10.2 Å². The zero-order valence-electron chi connectivity index (χ0n) is 18.7. The lowest BCUT2D eigenvalue weighted by Gasteiger charge is -2.39. The van der Waals surface area contributed by atoms with Gasteiger partial charge in [0.15, 0.2) is 17.3 Å². The minimum absolute atomic E-state index is 0.248. The van der Waals surface area contributed by atoms with Gasteiger partial charge < -0.3 is 14.7 Å². The van der Waals surface area contributed by atoms with Gasteiger partial charge >= 0.3 is 0 Å². The van der Waals surface area contributed by atoms with Crippen LogP contribution >= 0.6 is 0 Å². The number of ether oxygens (including phenoxy) is 1. The second-order valence-corrected chi connectivity index (χ2v) is 9.37. The maximum absolute atomic E-state index is 15.2. The largest absolute Gasteiger partial charge is 0.390 e. The number of hydrogen-bond acceptors (Lipinski definition) is 7. The van der Waals surface area contributed by atoms with Crippen LogP contribution in [-0.2, 0) is 18.4 Å². The van der Waals surface area contributed by atoms with Crippen LogP contribution in [0.25, 0.3) is 27.8 Å². The molecule has 0 saturated carbocycles. The second-order valence-electron chi connectivity index (χ2n) is 9.37. The molecule has 0 amide bonds. The zero-order valence-corrected chi connectivity index (χ0v) is 18.7. The molecule has 0 bridgehead atoms. The lowest BCUT2D eigenvalue weighted by atomic mass is 9.77. The number of hydrogen-bond donors (Lipinski definition) is 1. The lowest BCUT2D eigenvalue weighted by Crippen LogP contribution is -2.41. The van der Waals surface area contributed by atoms with Gasteiger partial charge in [-0.3, -0.25) is 4.68 Å². The van der Waals surface area contributed by atoms with Gasteiger partial charge in [-0.15, -0.1) is 0 Å². The predicted molar refractivity (Wildman–Crippen MR) is 121 cm³/mol. The third kappa shape index (κ3) is 3.27. The molecular weight excluding hydrogens is 425 g/mol. The summed E-state index contributed by atoms with van der Waals surface area (Å²) in [4.78, 5) is 11.6. The fourth-order valence-electron chi connectivity index (χ4n) is 5.32. The fraction of sp³-hybridized carbons (Fsp3) is 0.478. The second kappa shape index (κ2) is 7.46. The highest BCUT2D eigenvalue weighted by atomic mass is 19.1. The van der Waals surface area contributed by atoms with Crippen LogP contribution in [0.5, 0.6) is 0 Å². The minimum atomic E-state index is -0.469. The van der Waals surface area contributed by atoms with Gasteiger partial charge in [0.1, 0.15) is 22.4 Å². The minimum Gasteiger partial charge on any atom is -0.390 e. The van der Waals surface area contributed by atoms with Crippen molar-refractivity contribution in [3.05, 3.63) is 36.0 Å². The van der Waals surface area contributed by atoms with Crippen molar-refractivity contribution in [1.29, 1.82) is 0 Å². The molecule has 10 heteroatoms. The molecule has 0 unspecified atom stereocenters. The van der Waals surface area contributed by atoms with Crippen molar-refractivity contribution in [2.24, 2.45) is 12.5 Å². The summed E-state index contributed by atoms with van der Waals surface area (Å²) in [5.41, 5.74) is 2.20. The summed E-state index contributed by atoms with van der Waals surface area (Å²) < 4.78 is 24.1. The summed E-state index contributed by atoms with van der Waals surface area (Å²) in [7, 11) is 1.76. The van der Waals surface area contributed by atoms with E-state index in [1.807, 2.05) is 0 Å². The number of benzene rings is 1. The Morgan fingerprint density at radius 3 is 2.79 bits per heavy atom. The van der Waals surface area contributed by atoms with E-state index >= 15 is 4.39 Å². The molecule has 0 aliphatic carbocycles. The Kier molecular flexibility index (Phi) is 4.63. The smallest absolute Gasteiger partial charge is 0.182 e. The average Bonchev–Trinajstić information content (AvgIpc) is 3.50. The number of aliphatic hydroxyl groups is 1. The summed E-state index contributed by atoms with van der Waals surface area (Å²) in [6, 6.07) is 3.47. The number of nitrogens with zero attached hydrogens (tertiary/aromatic N) is 7. The van der Waals surface area contributed by atoms with Gasteiger partial charge in [0.2, 0.25) is 0 Å². The van der Waals surface area contributed by atoms with E-state index in [0.29, 0.717) is 34.2 Å². The van der Waals surface area contributed by atoms with E-state index in [1.165, 1.54) is 4.68 Å². The Labute approximate surface area is 189 Å². The van der Waals surface area contributed by atoms with E-state index in [0.717, 1.165) is 39.0 Å². The maximum Gasteiger partial charge on any atom is 0.182 e. The summed E-state index contributed by atoms with van der Waals surface area (Å²) in [6.07, 6.45) is 6.81. The highest BCUT2D eigenvalue weighted by Crippen LogP contribution is 2.42. The first-order valence-electron chi connectivity index (χ1n) is 11.3. The number of rotatable bonds is 3. The molecule has 4 aromatic rings. The van der Waals surface area contributed by atoms with E-state index < -0.39 is 5.82 Å². The van der Waals surface area contributed by atoms with Crippen molar-refractivity contribution < 1.29 is 14.2 Å². The molecule has 2 aliphatic heterocycles. The van der Waals surface area contributed by atoms with Crippen LogP contribution in [0.1, 0.15) is 31.9 Å². The molecule has 2 fully saturated rings. The summed E-state index contributed by atoms with van der Waals surface area (Å²) >= 11 is 0. The third-order valence-corrected chi connectivity index (χ3v) is 7.06. The number of halogens is 1. The van der Waals surface area contributed by atoms with Crippen LogP contribution in [0.3, 0.4) is 0 Å². The van der Waals surface area contributed by atoms with Crippen molar-refractivity contribution in [3.8, 4) is 5.69 Å². The highest BCUT2D eigenvalue weighted by molar-refractivity contribution is 5.82. The van der Waals surface area contributed by atoms with E-state index in [1.54, 1.807) is 36.3 Å². The summed E-state index contributed by atoms with van der Waals surface area (Å²) in [5, 5.41) is 19.4. The van der Waals surface area contributed by atoms with Crippen LogP contribution in [-0.4, -0.2) is 60.4 Å². The predicted octanol–water partition coefficient (Wildman–Crippen LogP) is 2.73. The van der Waals surface area contributed by atoms with Crippen molar-refractivity contribution >= 4 is 27.9 Å². The maximum atomic E-state index is 15.2. The molecule has 3 aromatic heterocycles. The molecule has 2 aliphatic rings. The molecule has 172 valence electrons. The normalized spacial score (nSPS) is 20.5. The Morgan fingerprint density at radius 2 is 2.06 bits per heavy atom. The Balaban J connectivity index is 1.36. The number of aromatic nitrogens is 6. The molecule has 5 heterocycles. The van der Waals surface area contributed by atoms with Gasteiger partial charge in [0.25, 0.3) is 0 Å². The molecule has 9 nitrogen and oxygen atoms in total. The Morgan fingerprint density at radius 1 is 1.24 bits per heavy atom. The monoisotopic (exact) mass is 451 g/mol. The van der Waals surface area contributed by atoms with Gasteiger partial charge in [-0.2, -0.15) is 10.2 Å². The Hall–Kier alpha value is -3.11. The first-order chi connectivity index (χ1) is 16.0. The SMILES string of the molecule is C[C@H]1CC2(CCN(c3nc4cnn(-c5ccc6cn(C)nc6c5F)c4nc3CO)CC2)CO1. The molecule has 1 spiro atoms. The van der Waals surface area contributed by atoms with Gasteiger partial charge in [-0.05, 0) is 43.7 Å². The molecule has 6 rings (SSSR count). The standard InChI is InChI=1S/C23H26FN7O2/c1-14-9-23(13-33-14)5-7-30(8-6-23)21-17(12-32)27-22-16(26-21)10-25-31(22)18-4-3-15-11-29(2)28-20(15)19(18)24/h3-4,10-11,14,32H,5-9,12-13H2,1-2H3/t14-/m0/s1. The van der Waals surface area contributed by atoms with E-state index in [-0.39, 0.29) is 23.2 Å². The van der Waals surface area contributed by atoms with Crippen molar-refractivity contribution in [2.75, 3.05) is 24.6 Å². The molecule has 0 radical (unpaired) electrons. The number of fused-ring (bicyclic) bond motifs is 2. The summed E-state index contributed by atoms with van der Waals surface area (Å²) in [5.74, 6) is 0.205. The quantitative estimate of drug-likeness (QED) is 0.512. The number of aryl methyl sites for hydroxylation is 1. The molecule has 1 aromatic carbocycles. The molecule has 1 N–H and O–H groups in total. The van der Waals surface area contributed by atoms with E-state index in [4.69, 9.17) is 9.72 Å². The van der Waals surface area contributed by atoms with Gasteiger partial charge in [0, 0.05) is 31.7 Å². The van der Waals surface area contributed by atoms with E-state index in [9.17, 15) is 5.11 Å². The van der Waals surface area contributed by atoms with Gasteiger partial charge in [-0.1, -0.05) is 0 Å². The topological polar surface area (TPSA) is 94.1 Å². The van der Waals surface area contributed by atoms with Crippen molar-refractivity contribution in [3.63, 3.8) is 0 Å².